The van der Waals surface area contributed by atoms with Gasteiger partial charge in [0.15, 0.2) is 0 Å². The summed E-state index contributed by atoms with van der Waals surface area (Å²) in [7, 11) is 1.66. The van der Waals surface area contributed by atoms with E-state index in [1.165, 1.54) is 32.1 Å². The molecule has 2 aliphatic carbocycles. The zero-order valence-electron chi connectivity index (χ0n) is 20.9. The van der Waals surface area contributed by atoms with Gasteiger partial charge in [-0.05, 0) is 55.0 Å². The van der Waals surface area contributed by atoms with Crippen LogP contribution < -0.4 is 10.1 Å². The first-order valence-electron chi connectivity index (χ1n) is 13.5. The van der Waals surface area contributed by atoms with Gasteiger partial charge in [0.25, 0.3) is 5.91 Å². The van der Waals surface area contributed by atoms with Gasteiger partial charge in [-0.15, -0.1) is 0 Å². The second kappa shape index (κ2) is 10.8. The van der Waals surface area contributed by atoms with E-state index < -0.39 is 5.92 Å². The van der Waals surface area contributed by atoms with Crippen LogP contribution in [0.1, 0.15) is 104 Å². The topological polar surface area (TPSA) is 58.6 Å². The van der Waals surface area contributed by atoms with Crippen molar-refractivity contribution in [2.24, 2.45) is 0 Å². The average Bonchev–Trinajstić information content (AvgIpc) is 3.17. The lowest BCUT2D eigenvalue weighted by atomic mass is 9.77. The SMILES string of the molecule is COc1ccc([C@H]2[C@@H](C(=O)NC3CCCCCC3)c3ccccc3C(=O)N2C2CCCCC2)cc1. The maximum atomic E-state index is 14.1. The summed E-state index contributed by atoms with van der Waals surface area (Å²) in [4.78, 5) is 30.2. The third kappa shape index (κ3) is 4.96. The first-order valence-corrected chi connectivity index (χ1v) is 13.5. The number of benzene rings is 2. The molecule has 2 aromatic rings. The summed E-state index contributed by atoms with van der Waals surface area (Å²) in [5.74, 6) is 0.466. The zero-order chi connectivity index (χ0) is 24.2. The molecule has 2 aromatic carbocycles. The molecule has 186 valence electrons. The van der Waals surface area contributed by atoms with Crippen molar-refractivity contribution < 1.29 is 14.3 Å². The Hall–Kier alpha value is -2.82. The largest absolute Gasteiger partial charge is 0.497 e. The van der Waals surface area contributed by atoms with Crippen LogP contribution in [0.2, 0.25) is 0 Å². The average molecular weight is 475 g/mol. The lowest BCUT2D eigenvalue weighted by Crippen LogP contribution is -2.52. The van der Waals surface area contributed by atoms with Gasteiger partial charge >= 0.3 is 0 Å². The Morgan fingerprint density at radius 1 is 0.857 bits per heavy atom. The lowest BCUT2D eigenvalue weighted by Gasteiger charge is -2.47. The summed E-state index contributed by atoms with van der Waals surface area (Å²) >= 11 is 0. The maximum Gasteiger partial charge on any atom is 0.254 e. The van der Waals surface area contributed by atoms with Crippen LogP contribution in [0, 0.1) is 0 Å². The molecule has 0 bridgehead atoms. The number of fused-ring (bicyclic) bond motifs is 1. The van der Waals surface area contributed by atoms with Crippen LogP contribution >= 0.6 is 0 Å². The van der Waals surface area contributed by atoms with Gasteiger partial charge < -0.3 is 15.0 Å². The third-order valence-corrected chi connectivity index (χ3v) is 8.29. The van der Waals surface area contributed by atoms with E-state index in [1.807, 2.05) is 48.5 Å². The van der Waals surface area contributed by atoms with Crippen molar-refractivity contribution in [3.63, 3.8) is 0 Å². The molecule has 1 aliphatic heterocycles. The van der Waals surface area contributed by atoms with E-state index in [0.29, 0.717) is 5.56 Å². The molecule has 5 rings (SSSR count). The zero-order valence-corrected chi connectivity index (χ0v) is 20.9. The van der Waals surface area contributed by atoms with E-state index in [4.69, 9.17) is 4.74 Å². The van der Waals surface area contributed by atoms with E-state index in [2.05, 4.69) is 10.2 Å². The van der Waals surface area contributed by atoms with Gasteiger partial charge in [-0.2, -0.15) is 0 Å². The number of methoxy groups -OCH3 is 1. The molecule has 2 amide bonds. The summed E-state index contributed by atoms with van der Waals surface area (Å²) < 4.78 is 5.40. The highest BCUT2D eigenvalue weighted by molar-refractivity contribution is 6.01. The minimum atomic E-state index is -0.428. The first-order chi connectivity index (χ1) is 17.2. The Balaban J connectivity index is 1.58. The second-order valence-corrected chi connectivity index (χ2v) is 10.5. The van der Waals surface area contributed by atoms with Crippen molar-refractivity contribution in [1.82, 2.24) is 10.2 Å². The summed E-state index contributed by atoms with van der Waals surface area (Å²) in [6.07, 6.45) is 12.4. The molecule has 1 N–H and O–H groups in total. The van der Waals surface area contributed by atoms with Crippen molar-refractivity contribution in [2.45, 2.75) is 94.7 Å². The van der Waals surface area contributed by atoms with Crippen LogP contribution in [-0.2, 0) is 4.79 Å². The molecular weight excluding hydrogens is 436 g/mol. The number of ether oxygens (including phenoxy) is 1. The Morgan fingerprint density at radius 3 is 2.17 bits per heavy atom. The van der Waals surface area contributed by atoms with Gasteiger partial charge in [-0.3, -0.25) is 9.59 Å². The number of carbonyl (C=O) groups excluding carboxylic acids is 2. The fourth-order valence-electron chi connectivity index (χ4n) is 6.46. The van der Waals surface area contributed by atoms with Crippen LogP contribution in [-0.4, -0.2) is 35.9 Å². The van der Waals surface area contributed by atoms with Gasteiger partial charge in [-0.1, -0.05) is 75.3 Å². The standard InChI is InChI=1S/C30H38N2O3/c1-35-24-19-17-21(18-20-24)28-27(29(33)31-22-11-5-2-3-6-12-22)25-15-9-10-16-26(25)30(34)32(28)23-13-7-4-8-14-23/h9-10,15-20,22-23,27-28H,2-8,11-14H2,1H3,(H,31,33)/t27-,28-/m0/s1. The highest BCUT2D eigenvalue weighted by Gasteiger charge is 2.46. The van der Waals surface area contributed by atoms with Crippen LogP contribution in [0.25, 0.3) is 0 Å². The predicted octanol–water partition coefficient (Wildman–Crippen LogP) is 6.15. The fraction of sp³-hybridized carbons (Fsp3) is 0.533. The van der Waals surface area contributed by atoms with Crippen LogP contribution in [0.3, 0.4) is 0 Å². The molecule has 2 fully saturated rings. The Morgan fingerprint density at radius 2 is 1.49 bits per heavy atom. The Kier molecular flexibility index (Phi) is 7.40. The number of carbonyl (C=O) groups is 2. The van der Waals surface area contributed by atoms with E-state index in [9.17, 15) is 9.59 Å². The summed E-state index contributed by atoms with van der Waals surface area (Å²) in [5.41, 5.74) is 2.54. The van der Waals surface area contributed by atoms with Crippen molar-refractivity contribution in [2.75, 3.05) is 7.11 Å². The molecule has 0 aromatic heterocycles. The normalized spacial score (nSPS) is 23.9. The molecule has 0 unspecified atom stereocenters. The minimum Gasteiger partial charge on any atom is -0.497 e. The molecule has 5 heteroatoms. The monoisotopic (exact) mass is 474 g/mol. The van der Waals surface area contributed by atoms with Crippen molar-refractivity contribution in [3.05, 3.63) is 65.2 Å². The molecular formula is C30H38N2O3. The Labute approximate surface area is 209 Å². The molecule has 1 heterocycles. The molecule has 0 spiro atoms. The minimum absolute atomic E-state index is 0.0541. The highest BCUT2D eigenvalue weighted by Crippen LogP contribution is 2.46. The summed E-state index contributed by atoms with van der Waals surface area (Å²) in [6.45, 7) is 0. The van der Waals surface area contributed by atoms with Crippen LogP contribution in [0.5, 0.6) is 5.75 Å². The van der Waals surface area contributed by atoms with E-state index in [0.717, 1.165) is 55.4 Å². The molecule has 0 saturated heterocycles. The number of nitrogens with one attached hydrogen (secondary N) is 1. The maximum absolute atomic E-state index is 14.1. The van der Waals surface area contributed by atoms with Gasteiger partial charge in [0.05, 0.1) is 19.1 Å². The van der Waals surface area contributed by atoms with Crippen molar-refractivity contribution in [1.29, 1.82) is 0 Å². The fourth-order valence-corrected chi connectivity index (χ4v) is 6.46. The van der Waals surface area contributed by atoms with Crippen LogP contribution in [0.4, 0.5) is 0 Å². The lowest BCUT2D eigenvalue weighted by molar-refractivity contribution is -0.125. The molecule has 5 nitrogen and oxygen atoms in total. The van der Waals surface area contributed by atoms with Gasteiger partial charge in [0.1, 0.15) is 5.75 Å². The van der Waals surface area contributed by atoms with E-state index >= 15 is 0 Å². The summed E-state index contributed by atoms with van der Waals surface area (Å²) in [6, 6.07) is 15.8. The molecule has 2 atom stereocenters. The third-order valence-electron chi connectivity index (χ3n) is 8.29. The quantitative estimate of drug-likeness (QED) is 0.529. The number of nitrogens with zero attached hydrogens (tertiary/aromatic N) is 1. The number of hydrogen-bond donors (Lipinski definition) is 1. The summed E-state index contributed by atoms with van der Waals surface area (Å²) in [5, 5.41) is 3.43. The smallest absolute Gasteiger partial charge is 0.254 e. The van der Waals surface area contributed by atoms with E-state index in [-0.39, 0.29) is 29.9 Å². The predicted molar refractivity (Wildman–Crippen MR) is 138 cm³/mol. The highest BCUT2D eigenvalue weighted by atomic mass is 16.5. The van der Waals surface area contributed by atoms with Crippen molar-refractivity contribution in [3.8, 4) is 5.75 Å². The number of amides is 2. The molecule has 3 aliphatic rings. The second-order valence-electron chi connectivity index (χ2n) is 10.5. The number of hydrogen-bond acceptors (Lipinski definition) is 3. The van der Waals surface area contributed by atoms with Crippen LogP contribution in [0.15, 0.2) is 48.5 Å². The molecule has 2 saturated carbocycles. The first kappa shape index (κ1) is 23.9. The number of rotatable bonds is 5. The van der Waals surface area contributed by atoms with E-state index in [1.54, 1.807) is 7.11 Å². The Bertz CT molecular complexity index is 1020. The van der Waals surface area contributed by atoms with Gasteiger partial charge in [-0.25, -0.2) is 0 Å². The molecule has 0 radical (unpaired) electrons. The van der Waals surface area contributed by atoms with Crippen molar-refractivity contribution >= 4 is 11.8 Å². The van der Waals surface area contributed by atoms with Gasteiger partial charge in [0, 0.05) is 17.6 Å². The van der Waals surface area contributed by atoms with Gasteiger partial charge in [0.2, 0.25) is 5.91 Å². The molecule has 35 heavy (non-hydrogen) atoms.